The van der Waals surface area contributed by atoms with E-state index in [1.165, 1.54) is 4.31 Å². The minimum atomic E-state index is -3.50. The van der Waals surface area contributed by atoms with Gasteiger partial charge in [-0.2, -0.15) is 9.41 Å². The molecule has 8 heteroatoms. The number of piperidine rings is 1. The summed E-state index contributed by atoms with van der Waals surface area (Å²) in [6, 6.07) is 11.9. The largest absolute Gasteiger partial charge is 0.273 e. The molecule has 1 saturated heterocycles. The highest BCUT2D eigenvalue weighted by Crippen LogP contribution is 2.23. The Morgan fingerprint density at radius 1 is 1.12 bits per heavy atom. The second kappa shape index (κ2) is 8.20. The molecule has 1 N–H and O–H groups in total. The molecule has 1 amide bonds. The van der Waals surface area contributed by atoms with E-state index in [9.17, 15) is 13.2 Å². The van der Waals surface area contributed by atoms with E-state index < -0.39 is 10.0 Å². The Morgan fingerprint density at radius 3 is 2.42 bits per heavy atom. The highest BCUT2D eigenvalue weighted by atomic mass is 32.2. The van der Waals surface area contributed by atoms with Crippen molar-refractivity contribution in [2.24, 2.45) is 11.0 Å². The van der Waals surface area contributed by atoms with Crippen molar-refractivity contribution in [1.82, 2.24) is 14.7 Å². The molecule has 26 heavy (non-hydrogen) atoms. The summed E-state index contributed by atoms with van der Waals surface area (Å²) < 4.78 is 26.6. The van der Waals surface area contributed by atoms with Crippen LogP contribution < -0.4 is 5.43 Å². The van der Waals surface area contributed by atoms with Gasteiger partial charge >= 0.3 is 0 Å². The molecule has 1 fully saturated rings. The first-order valence-electron chi connectivity index (χ1n) is 8.35. The first kappa shape index (κ1) is 18.2. The van der Waals surface area contributed by atoms with Crippen LogP contribution in [0.3, 0.4) is 0 Å². The van der Waals surface area contributed by atoms with Gasteiger partial charge in [0.1, 0.15) is 0 Å². The number of sulfonamides is 1. The predicted molar refractivity (Wildman–Crippen MR) is 97.9 cm³/mol. The van der Waals surface area contributed by atoms with Crippen molar-refractivity contribution in [2.45, 2.75) is 17.7 Å². The fourth-order valence-corrected chi connectivity index (χ4v) is 4.30. The maximum Gasteiger partial charge on any atom is 0.243 e. The van der Waals surface area contributed by atoms with Crippen LogP contribution in [0.25, 0.3) is 0 Å². The number of hydrogen-bond donors (Lipinski definition) is 1. The second-order valence-electron chi connectivity index (χ2n) is 6.01. The summed E-state index contributed by atoms with van der Waals surface area (Å²) in [6.07, 6.45) is 5.79. The quantitative estimate of drug-likeness (QED) is 0.638. The minimum absolute atomic E-state index is 0.188. The van der Waals surface area contributed by atoms with Crippen LogP contribution in [-0.2, 0) is 14.8 Å². The lowest BCUT2D eigenvalue weighted by molar-refractivity contribution is -0.126. The second-order valence-corrected chi connectivity index (χ2v) is 7.94. The topological polar surface area (TPSA) is 91.7 Å². The van der Waals surface area contributed by atoms with Gasteiger partial charge in [0.2, 0.25) is 15.9 Å². The van der Waals surface area contributed by atoms with E-state index in [-0.39, 0.29) is 16.7 Å². The van der Waals surface area contributed by atoms with Crippen molar-refractivity contribution in [3.05, 3.63) is 60.4 Å². The molecule has 0 atom stereocenters. The van der Waals surface area contributed by atoms with Gasteiger partial charge < -0.3 is 0 Å². The third kappa shape index (κ3) is 4.33. The van der Waals surface area contributed by atoms with Gasteiger partial charge in [-0.05, 0) is 42.7 Å². The van der Waals surface area contributed by atoms with Crippen LogP contribution in [0.4, 0.5) is 0 Å². The van der Waals surface area contributed by atoms with Gasteiger partial charge in [-0.1, -0.05) is 18.2 Å². The molecule has 2 heterocycles. The van der Waals surface area contributed by atoms with Gasteiger partial charge in [0.25, 0.3) is 0 Å². The van der Waals surface area contributed by atoms with Crippen molar-refractivity contribution in [3.63, 3.8) is 0 Å². The number of nitrogens with zero attached hydrogens (tertiary/aromatic N) is 3. The summed E-state index contributed by atoms with van der Waals surface area (Å²) in [7, 11) is -3.50. The van der Waals surface area contributed by atoms with Crippen LogP contribution in [0.2, 0.25) is 0 Å². The molecular weight excluding hydrogens is 352 g/mol. The van der Waals surface area contributed by atoms with Gasteiger partial charge in [-0.15, -0.1) is 0 Å². The summed E-state index contributed by atoms with van der Waals surface area (Å²) in [5, 5.41) is 3.95. The van der Waals surface area contributed by atoms with E-state index in [1.54, 1.807) is 61.1 Å². The Balaban J connectivity index is 1.53. The van der Waals surface area contributed by atoms with Crippen LogP contribution in [0.15, 0.2) is 64.9 Å². The highest BCUT2D eigenvalue weighted by molar-refractivity contribution is 7.89. The predicted octanol–water partition coefficient (Wildman–Crippen LogP) is 1.63. The molecular formula is C18H20N4O3S. The Kier molecular flexibility index (Phi) is 5.75. The average molecular weight is 372 g/mol. The number of carbonyl (C=O) groups excluding carboxylic acids is 1. The van der Waals surface area contributed by atoms with Crippen LogP contribution in [0.1, 0.15) is 18.4 Å². The Bertz CT molecular complexity index is 862. The molecule has 0 radical (unpaired) electrons. The minimum Gasteiger partial charge on any atom is -0.273 e. The number of hydrogen-bond acceptors (Lipinski definition) is 5. The molecule has 136 valence electrons. The lowest BCUT2D eigenvalue weighted by atomic mass is 9.98. The SMILES string of the molecule is O=C(N/N=C\c1ccncc1)C1CCN(S(=O)(=O)c2ccccc2)CC1. The molecule has 1 aromatic carbocycles. The number of rotatable bonds is 5. The van der Waals surface area contributed by atoms with Crippen molar-refractivity contribution in [2.75, 3.05) is 13.1 Å². The fraction of sp³-hybridized carbons (Fsp3) is 0.278. The Hall–Kier alpha value is -2.58. The summed E-state index contributed by atoms with van der Waals surface area (Å²) in [5.74, 6) is -0.432. The van der Waals surface area contributed by atoms with Crippen LogP contribution in [-0.4, -0.2) is 42.9 Å². The van der Waals surface area contributed by atoms with E-state index in [0.29, 0.717) is 25.9 Å². The zero-order valence-electron chi connectivity index (χ0n) is 14.2. The Morgan fingerprint density at radius 2 is 1.77 bits per heavy atom. The molecule has 0 spiro atoms. The fourth-order valence-electron chi connectivity index (χ4n) is 2.81. The molecule has 0 aliphatic carbocycles. The van der Waals surface area contributed by atoms with Crippen LogP contribution >= 0.6 is 0 Å². The monoisotopic (exact) mass is 372 g/mol. The zero-order valence-corrected chi connectivity index (χ0v) is 15.0. The van der Waals surface area contributed by atoms with Gasteiger partial charge in [-0.25, -0.2) is 13.8 Å². The summed E-state index contributed by atoms with van der Waals surface area (Å²) >= 11 is 0. The number of nitrogens with one attached hydrogen (secondary N) is 1. The number of carbonyl (C=O) groups is 1. The maximum atomic E-state index is 12.6. The molecule has 3 rings (SSSR count). The number of hydrazone groups is 1. The van der Waals surface area contributed by atoms with Gasteiger partial charge in [0.15, 0.2) is 0 Å². The first-order chi connectivity index (χ1) is 12.6. The van der Waals surface area contributed by atoms with Crippen molar-refractivity contribution >= 4 is 22.1 Å². The van der Waals surface area contributed by atoms with Gasteiger partial charge in [0, 0.05) is 31.4 Å². The zero-order chi connectivity index (χ0) is 18.4. The average Bonchev–Trinajstić information content (AvgIpc) is 2.69. The summed E-state index contributed by atoms with van der Waals surface area (Å²) in [4.78, 5) is 16.4. The standard InChI is InChI=1S/C18H20N4O3S/c23-18(21-20-14-15-6-10-19-11-7-15)16-8-12-22(13-9-16)26(24,25)17-4-2-1-3-5-17/h1-7,10-11,14,16H,8-9,12-13H2,(H,21,23)/b20-14-. The third-order valence-electron chi connectivity index (χ3n) is 4.30. The number of benzene rings is 1. The highest BCUT2D eigenvalue weighted by Gasteiger charge is 2.31. The lowest BCUT2D eigenvalue weighted by Gasteiger charge is -2.30. The Labute approximate surface area is 152 Å². The number of amides is 1. The number of pyridine rings is 1. The van der Waals surface area contributed by atoms with E-state index in [2.05, 4.69) is 15.5 Å². The van der Waals surface area contributed by atoms with Crippen LogP contribution in [0, 0.1) is 5.92 Å². The van der Waals surface area contributed by atoms with E-state index in [1.807, 2.05) is 0 Å². The molecule has 2 aromatic rings. The first-order valence-corrected chi connectivity index (χ1v) is 9.79. The molecule has 1 aromatic heterocycles. The molecule has 7 nitrogen and oxygen atoms in total. The normalized spacial score (nSPS) is 16.6. The van der Waals surface area contributed by atoms with Gasteiger partial charge in [0.05, 0.1) is 11.1 Å². The molecule has 1 aliphatic rings. The summed E-state index contributed by atoms with van der Waals surface area (Å²) in [5.41, 5.74) is 3.37. The number of aromatic nitrogens is 1. The van der Waals surface area contributed by atoms with Crippen molar-refractivity contribution in [3.8, 4) is 0 Å². The summed E-state index contributed by atoms with van der Waals surface area (Å²) in [6.45, 7) is 0.646. The van der Waals surface area contributed by atoms with Crippen molar-refractivity contribution < 1.29 is 13.2 Å². The maximum absolute atomic E-state index is 12.6. The van der Waals surface area contributed by atoms with E-state index in [0.717, 1.165) is 5.56 Å². The molecule has 1 aliphatic heterocycles. The molecule has 0 bridgehead atoms. The lowest BCUT2D eigenvalue weighted by Crippen LogP contribution is -2.42. The molecule has 0 saturated carbocycles. The smallest absolute Gasteiger partial charge is 0.243 e. The van der Waals surface area contributed by atoms with E-state index >= 15 is 0 Å². The molecule has 0 unspecified atom stereocenters. The van der Waals surface area contributed by atoms with Crippen molar-refractivity contribution in [1.29, 1.82) is 0 Å². The van der Waals surface area contributed by atoms with E-state index in [4.69, 9.17) is 0 Å². The van der Waals surface area contributed by atoms with Gasteiger partial charge in [-0.3, -0.25) is 9.78 Å². The van der Waals surface area contributed by atoms with Crippen LogP contribution in [0.5, 0.6) is 0 Å². The third-order valence-corrected chi connectivity index (χ3v) is 6.21.